The summed E-state index contributed by atoms with van der Waals surface area (Å²) in [6, 6.07) is 5.86. The molecule has 6 rings (SSSR count). The smallest absolute Gasteiger partial charge is 0.210 e. The predicted octanol–water partition coefficient (Wildman–Crippen LogP) is 0.614. The molecule has 2 aliphatic rings. The lowest BCUT2D eigenvalue weighted by Crippen LogP contribution is -2.47. The van der Waals surface area contributed by atoms with Gasteiger partial charge in [0.2, 0.25) is 16.2 Å². The molecule has 1 amide bonds. The van der Waals surface area contributed by atoms with Crippen molar-refractivity contribution < 1.29 is 17.9 Å². The molecule has 5 heterocycles. The van der Waals surface area contributed by atoms with Crippen LogP contribution in [0.5, 0.6) is 0 Å². The summed E-state index contributed by atoms with van der Waals surface area (Å²) in [5.41, 5.74) is 2.97. The van der Waals surface area contributed by atoms with Crippen molar-refractivity contribution in [1.82, 2.24) is 34.4 Å². The van der Waals surface area contributed by atoms with E-state index >= 15 is 0 Å². The number of hydrogen-bond acceptors (Lipinski definition) is 9. The molecular weight excluding hydrogens is 484 g/mol. The molecule has 3 aromatic heterocycles. The number of carbonyl (C=O) groups excluding carboxylic acids is 1. The Morgan fingerprint density at radius 2 is 1.83 bits per heavy atom. The monoisotopic (exact) mass is 510 g/mol. The Labute approximate surface area is 207 Å². The van der Waals surface area contributed by atoms with Gasteiger partial charge in [-0.05, 0) is 6.07 Å². The van der Waals surface area contributed by atoms with E-state index < -0.39 is 9.84 Å². The lowest BCUT2D eigenvalue weighted by Gasteiger charge is -2.31. The van der Waals surface area contributed by atoms with Crippen molar-refractivity contribution in [3.63, 3.8) is 0 Å². The van der Waals surface area contributed by atoms with Crippen molar-refractivity contribution in [2.24, 2.45) is 0 Å². The van der Waals surface area contributed by atoms with Crippen LogP contribution in [0.2, 0.25) is 0 Å². The van der Waals surface area contributed by atoms with Gasteiger partial charge in [-0.2, -0.15) is 5.10 Å². The molecule has 188 valence electrons. The summed E-state index contributed by atoms with van der Waals surface area (Å²) < 4.78 is 33.9. The Morgan fingerprint density at radius 3 is 2.61 bits per heavy atom. The van der Waals surface area contributed by atoms with Crippen LogP contribution in [0.15, 0.2) is 41.8 Å². The number of morpholine rings is 1. The Hall–Kier alpha value is -3.55. The molecule has 0 atom stereocenters. The summed E-state index contributed by atoms with van der Waals surface area (Å²) in [4.78, 5) is 26.1. The molecule has 1 aromatic carbocycles. The number of aromatic nitrogens is 5. The van der Waals surface area contributed by atoms with Crippen LogP contribution in [0.3, 0.4) is 0 Å². The zero-order valence-electron chi connectivity index (χ0n) is 19.6. The fourth-order valence-electron chi connectivity index (χ4n) is 4.72. The number of anilines is 1. The van der Waals surface area contributed by atoms with Crippen LogP contribution in [-0.2, 0) is 19.4 Å². The number of piperazine rings is 1. The largest absolute Gasteiger partial charge is 0.378 e. The molecule has 0 bridgehead atoms. The molecule has 1 N–H and O–H groups in total. The number of imidazole rings is 1. The first-order chi connectivity index (χ1) is 17.5. The van der Waals surface area contributed by atoms with Crippen molar-refractivity contribution in [3.05, 3.63) is 36.8 Å². The number of H-pyrrole nitrogens is 1. The van der Waals surface area contributed by atoms with E-state index in [2.05, 4.69) is 20.1 Å². The fourth-order valence-corrected chi connectivity index (χ4v) is 6.09. The van der Waals surface area contributed by atoms with Gasteiger partial charge >= 0.3 is 0 Å². The summed E-state index contributed by atoms with van der Waals surface area (Å²) in [5, 5.41) is 8.08. The second-order valence-electron chi connectivity index (χ2n) is 9.00. The Balaban J connectivity index is 1.41. The van der Waals surface area contributed by atoms with Gasteiger partial charge in [-0.15, -0.1) is 0 Å². The van der Waals surface area contributed by atoms with Gasteiger partial charge in [0.15, 0.2) is 16.5 Å². The average molecular weight is 511 g/mol. The highest BCUT2D eigenvalue weighted by atomic mass is 32.2. The van der Waals surface area contributed by atoms with Gasteiger partial charge in [0.1, 0.15) is 5.88 Å². The highest BCUT2D eigenvalue weighted by molar-refractivity contribution is 7.91. The van der Waals surface area contributed by atoms with Crippen LogP contribution in [0.25, 0.3) is 27.8 Å². The molecule has 2 fully saturated rings. The molecule has 0 spiro atoms. The van der Waals surface area contributed by atoms with E-state index in [4.69, 9.17) is 9.72 Å². The van der Waals surface area contributed by atoms with Crippen molar-refractivity contribution >= 4 is 38.6 Å². The van der Waals surface area contributed by atoms with Crippen LogP contribution in [-0.4, -0.2) is 108 Å². The molecule has 2 aliphatic heterocycles. The molecule has 13 heteroatoms. The number of nitrogens with one attached hydrogen (secondary N) is 1. The molecule has 2 saturated heterocycles. The molecular formula is C23H26N8O4S. The molecule has 0 aliphatic carbocycles. The molecule has 0 radical (unpaired) electrons. The lowest BCUT2D eigenvalue weighted by atomic mass is 10.1. The summed E-state index contributed by atoms with van der Waals surface area (Å²) in [6.45, 7) is 4.43. The van der Waals surface area contributed by atoms with Gasteiger partial charge in [-0.1, -0.05) is 12.1 Å². The van der Waals surface area contributed by atoms with E-state index in [0.29, 0.717) is 69.6 Å². The Kier molecular flexibility index (Phi) is 5.82. The number of ether oxygens (including phenoxy) is 1. The van der Waals surface area contributed by atoms with E-state index in [0.717, 1.165) is 22.9 Å². The summed E-state index contributed by atoms with van der Waals surface area (Å²) in [7, 11) is -3.70. The van der Waals surface area contributed by atoms with Gasteiger partial charge in [-0.25, -0.2) is 18.4 Å². The van der Waals surface area contributed by atoms with Gasteiger partial charge in [0.25, 0.3) is 0 Å². The number of nitrogens with zero attached hydrogens (tertiary/aromatic N) is 7. The average Bonchev–Trinajstić information content (AvgIpc) is 3.56. The van der Waals surface area contributed by atoms with Crippen LogP contribution >= 0.6 is 0 Å². The van der Waals surface area contributed by atoms with E-state index in [1.165, 1.54) is 0 Å². The summed E-state index contributed by atoms with van der Waals surface area (Å²) in [5.74, 6) is 0.475. The summed E-state index contributed by atoms with van der Waals surface area (Å²) >= 11 is 0. The lowest BCUT2D eigenvalue weighted by molar-refractivity contribution is -0.119. The van der Waals surface area contributed by atoms with Gasteiger partial charge in [0.05, 0.1) is 30.6 Å². The molecule has 0 unspecified atom stereocenters. The highest BCUT2D eigenvalue weighted by Gasteiger charge is 2.27. The standard InChI is InChI=1S/C23H26N8O4S/c32-15-28-4-6-29(7-5-28)16-36(33,34)21-14-31-13-20(17-2-1-3-19-18(17)12-24-27-19)25-22(23(31)26-21)30-8-10-35-11-9-30/h1-3,12-15H,4-11,16H2,(H,24,27). The predicted molar refractivity (Wildman–Crippen MR) is 132 cm³/mol. The van der Waals surface area contributed by atoms with E-state index in [9.17, 15) is 13.2 Å². The van der Waals surface area contributed by atoms with Crippen LogP contribution < -0.4 is 4.90 Å². The van der Waals surface area contributed by atoms with E-state index in [1.54, 1.807) is 21.7 Å². The number of amides is 1. The number of rotatable bonds is 6. The SMILES string of the molecule is O=CN1CCN(CS(=O)(=O)c2cn3cc(-c4cccc5[nH]ncc45)nc(N4CCOCC4)c3n2)CC1. The molecule has 36 heavy (non-hydrogen) atoms. The first-order valence-electron chi connectivity index (χ1n) is 11.8. The molecule has 0 saturated carbocycles. The van der Waals surface area contributed by atoms with Gasteiger partial charge < -0.3 is 18.9 Å². The zero-order valence-corrected chi connectivity index (χ0v) is 20.4. The minimum absolute atomic E-state index is 0.00953. The second kappa shape index (κ2) is 9.15. The maximum absolute atomic E-state index is 13.3. The second-order valence-corrected chi connectivity index (χ2v) is 10.9. The number of fused-ring (bicyclic) bond motifs is 2. The maximum atomic E-state index is 13.3. The van der Waals surface area contributed by atoms with Crippen LogP contribution in [0.4, 0.5) is 5.82 Å². The van der Waals surface area contributed by atoms with Gasteiger partial charge in [-0.3, -0.25) is 14.8 Å². The first-order valence-corrected chi connectivity index (χ1v) is 13.5. The maximum Gasteiger partial charge on any atom is 0.210 e. The van der Waals surface area contributed by atoms with E-state index in [-0.39, 0.29) is 10.9 Å². The van der Waals surface area contributed by atoms with Crippen molar-refractivity contribution in [2.75, 3.05) is 63.3 Å². The zero-order chi connectivity index (χ0) is 24.7. The van der Waals surface area contributed by atoms with Gasteiger partial charge in [0, 0.05) is 62.6 Å². The number of benzene rings is 1. The number of aromatic amines is 1. The minimum Gasteiger partial charge on any atom is -0.378 e. The van der Waals surface area contributed by atoms with Crippen LogP contribution in [0, 0.1) is 0 Å². The fraction of sp³-hybridized carbons (Fsp3) is 0.391. The topological polar surface area (TPSA) is 129 Å². The van der Waals surface area contributed by atoms with E-state index in [1.807, 2.05) is 29.3 Å². The first kappa shape index (κ1) is 22.9. The third kappa shape index (κ3) is 4.18. The van der Waals surface area contributed by atoms with Crippen molar-refractivity contribution in [1.29, 1.82) is 0 Å². The molecule has 12 nitrogen and oxygen atoms in total. The quantitative estimate of drug-likeness (QED) is 0.371. The Morgan fingerprint density at radius 1 is 1.03 bits per heavy atom. The normalized spacial score (nSPS) is 17.8. The third-order valence-electron chi connectivity index (χ3n) is 6.70. The number of hydrogen-bond donors (Lipinski definition) is 1. The highest BCUT2D eigenvalue weighted by Crippen LogP contribution is 2.30. The Bertz CT molecular complexity index is 1520. The third-order valence-corrected chi connectivity index (χ3v) is 8.24. The van der Waals surface area contributed by atoms with Crippen molar-refractivity contribution in [2.45, 2.75) is 5.03 Å². The number of sulfone groups is 1. The minimum atomic E-state index is -3.70. The van der Waals surface area contributed by atoms with Crippen LogP contribution in [0.1, 0.15) is 0 Å². The van der Waals surface area contributed by atoms with Crippen molar-refractivity contribution in [3.8, 4) is 11.3 Å². The summed E-state index contributed by atoms with van der Waals surface area (Å²) in [6.07, 6.45) is 5.95. The molecule has 4 aromatic rings. The number of carbonyl (C=O) groups is 1.